The molecule has 0 aromatic heterocycles. The van der Waals surface area contributed by atoms with Gasteiger partial charge in [-0.2, -0.15) is 5.26 Å². The summed E-state index contributed by atoms with van der Waals surface area (Å²) in [6.07, 6.45) is 0.413. The molecule has 17 heavy (non-hydrogen) atoms. The molecule has 0 heterocycles. The molecule has 0 aliphatic carbocycles. The SMILES string of the molecule is COc1ccc(OC)c(C(CC#N)N(C)C)c1. The van der Waals surface area contributed by atoms with Gasteiger partial charge in [0.2, 0.25) is 0 Å². The normalized spacial score (nSPS) is 12.0. The first-order valence-corrected chi connectivity index (χ1v) is 5.39. The molecule has 0 saturated heterocycles. The second-order valence-electron chi connectivity index (χ2n) is 3.95. The maximum atomic E-state index is 8.89. The van der Waals surface area contributed by atoms with Gasteiger partial charge in [0, 0.05) is 5.56 Å². The molecule has 4 heteroatoms. The van der Waals surface area contributed by atoms with Crippen LogP contribution >= 0.6 is 0 Å². The first-order valence-electron chi connectivity index (χ1n) is 5.39. The van der Waals surface area contributed by atoms with E-state index in [9.17, 15) is 0 Å². The topological polar surface area (TPSA) is 45.5 Å². The largest absolute Gasteiger partial charge is 0.497 e. The molecule has 1 aromatic rings. The van der Waals surface area contributed by atoms with Crippen molar-refractivity contribution in [2.75, 3.05) is 28.3 Å². The fourth-order valence-electron chi connectivity index (χ4n) is 1.76. The minimum atomic E-state index is 0.00468. The Labute approximate surface area is 102 Å². The van der Waals surface area contributed by atoms with Crippen molar-refractivity contribution >= 4 is 0 Å². The standard InChI is InChI=1S/C13H18N2O2/c1-15(2)12(7-8-14)11-9-10(16-3)5-6-13(11)17-4/h5-6,9,12H,7H2,1-4H3. The first kappa shape index (κ1) is 13.3. The lowest BCUT2D eigenvalue weighted by Crippen LogP contribution is -2.20. The van der Waals surface area contributed by atoms with Gasteiger partial charge in [-0.25, -0.2) is 0 Å². The van der Waals surface area contributed by atoms with Crippen molar-refractivity contribution in [1.82, 2.24) is 4.90 Å². The third-order valence-electron chi connectivity index (χ3n) is 2.70. The van der Waals surface area contributed by atoms with Crippen LogP contribution in [-0.4, -0.2) is 33.2 Å². The molecular formula is C13H18N2O2. The van der Waals surface area contributed by atoms with Gasteiger partial charge in [-0.1, -0.05) is 0 Å². The zero-order valence-electron chi connectivity index (χ0n) is 10.7. The Morgan fingerprint density at radius 2 is 2.00 bits per heavy atom. The van der Waals surface area contributed by atoms with Gasteiger partial charge in [-0.05, 0) is 32.3 Å². The summed E-state index contributed by atoms with van der Waals surface area (Å²) in [5.41, 5.74) is 0.971. The van der Waals surface area contributed by atoms with Crippen LogP contribution in [0.4, 0.5) is 0 Å². The lowest BCUT2D eigenvalue weighted by Gasteiger charge is -2.24. The van der Waals surface area contributed by atoms with E-state index in [0.29, 0.717) is 6.42 Å². The zero-order valence-corrected chi connectivity index (χ0v) is 10.7. The number of rotatable bonds is 5. The molecule has 0 aliphatic heterocycles. The van der Waals surface area contributed by atoms with Crippen LogP contribution in [0.25, 0.3) is 0 Å². The molecule has 0 saturated carbocycles. The zero-order chi connectivity index (χ0) is 12.8. The predicted molar refractivity (Wildman–Crippen MR) is 66.2 cm³/mol. The van der Waals surface area contributed by atoms with Crippen LogP contribution in [0, 0.1) is 11.3 Å². The van der Waals surface area contributed by atoms with E-state index in [2.05, 4.69) is 6.07 Å². The van der Waals surface area contributed by atoms with Crippen LogP contribution in [0.3, 0.4) is 0 Å². The summed E-state index contributed by atoms with van der Waals surface area (Å²) >= 11 is 0. The number of nitrogens with zero attached hydrogens (tertiary/aromatic N) is 2. The van der Waals surface area contributed by atoms with Gasteiger partial charge in [0.25, 0.3) is 0 Å². The monoisotopic (exact) mass is 234 g/mol. The van der Waals surface area contributed by atoms with Crippen molar-refractivity contribution in [3.63, 3.8) is 0 Å². The highest BCUT2D eigenvalue weighted by atomic mass is 16.5. The molecule has 0 bridgehead atoms. The Morgan fingerprint density at radius 1 is 1.29 bits per heavy atom. The van der Waals surface area contributed by atoms with Crippen molar-refractivity contribution in [3.05, 3.63) is 23.8 Å². The van der Waals surface area contributed by atoms with Gasteiger partial charge in [0.05, 0.1) is 32.8 Å². The van der Waals surface area contributed by atoms with Crippen molar-refractivity contribution in [2.24, 2.45) is 0 Å². The lowest BCUT2D eigenvalue weighted by molar-refractivity contribution is 0.291. The molecule has 1 aromatic carbocycles. The average Bonchev–Trinajstić information content (AvgIpc) is 2.34. The van der Waals surface area contributed by atoms with E-state index < -0.39 is 0 Å². The Morgan fingerprint density at radius 3 is 2.47 bits per heavy atom. The Balaban J connectivity index is 3.19. The fraction of sp³-hybridized carbons (Fsp3) is 0.462. The van der Waals surface area contributed by atoms with Crippen molar-refractivity contribution in [1.29, 1.82) is 5.26 Å². The Bertz CT molecular complexity index is 410. The molecule has 4 nitrogen and oxygen atoms in total. The van der Waals surface area contributed by atoms with E-state index in [4.69, 9.17) is 14.7 Å². The predicted octanol–water partition coefficient (Wildman–Crippen LogP) is 2.22. The molecule has 0 amide bonds. The van der Waals surface area contributed by atoms with Crippen LogP contribution in [-0.2, 0) is 0 Å². The third kappa shape index (κ3) is 3.11. The van der Waals surface area contributed by atoms with E-state index >= 15 is 0 Å². The van der Waals surface area contributed by atoms with E-state index in [0.717, 1.165) is 17.1 Å². The summed E-state index contributed by atoms with van der Waals surface area (Å²) < 4.78 is 10.5. The second kappa shape index (κ2) is 6.12. The molecule has 0 N–H and O–H groups in total. The Kier molecular flexibility index (Phi) is 4.80. The minimum Gasteiger partial charge on any atom is -0.497 e. The van der Waals surface area contributed by atoms with E-state index in [1.54, 1.807) is 14.2 Å². The smallest absolute Gasteiger partial charge is 0.123 e. The highest BCUT2D eigenvalue weighted by Crippen LogP contribution is 2.33. The number of nitriles is 1. The van der Waals surface area contributed by atoms with Gasteiger partial charge in [0.1, 0.15) is 11.5 Å². The van der Waals surface area contributed by atoms with E-state index in [1.807, 2.05) is 37.2 Å². The van der Waals surface area contributed by atoms with Crippen molar-refractivity contribution in [2.45, 2.75) is 12.5 Å². The summed E-state index contributed by atoms with van der Waals surface area (Å²) in [7, 11) is 7.15. The van der Waals surface area contributed by atoms with Crippen LogP contribution in [0.5, 0.6) is 11.5 Å². The van der Waals surface area contributed by atoms with E-state index in [1.165, 1.54) is 0 Å². The maximum absolute atomic E-state index is 8.89. The minimum absolute atomic E-state index is 0.00468. The van der Waals surface area contributed by atoms with Crippen molar-refractivity contribution < 1.29 is 9.47 Å². The summed E-state index contributed by atoms with van der Waals surface area (Å²) in [5, 5.41) is 8.89. The van der Waals surface area contributed by atoms with Gasteiger partial charge >= 0.3 is 0 Å². The molecule has 0 spiro atoms. The van der Waals surface area contributed by atoms with Gasteiger partial charge < -0.3 is 14.4 Å². The Hall–Kier alpha value is -1.73. The van der Waals surface area contributed by atoms with Gasteiger partial charge in [-0.3, -0.25) is 0 Å². The van der Waals surface area contributed by atoms with Gasteiger partial charge in [0.15, 0.2) is 0 Å². The summed E-state index contributed by atoms with van der Waals surface area (Å²) in [6.45, 7) is 0. The molecule has 1 atom stereocenters. The molecule has 1 rings (SSSR count). The quantitative estimate of drug-likeness (QED) is 0.783. The van der Waals surface area contributed by atoms with Crippen LogP contribution in [0.1, 0.15) is 18.0 Å². The second-order valence-corrected chi connectivity index (χ2v) is 3.95. The molecule has 1 unspecified atom stereocenters. The van der Waals surface area contributed by atoms with E-state index in [-0.39, 0.29) is 6.04 Å². The first-order chi connectivity index (χ1) is 8.13. The fourth-order valence-corrected chi connectivity index (χ4v) is 1.76. The number of hydrogen-bond donors (Lipinski definition) is 0. The van der Waals surface area contributed by atoms with Crippen molar-refractivity contribution in [3.8, 4) is 17.6 Å². The van der Waals surface area contributed by atoms with Crippen LogP contribution < -0.4 is 9.47 Å². The molecule has 92 valence electrons. The number of methoxy groups -OCH3 is 2. The highest BCUT2D eigenvalue weighted by Gasteiger charge is 2.18. The third-order valence-corrected chi connectivity index (χ3v) is 2.70. The summed E-state index contributed by atoms with van der Waals surface area (Å²) in [4.78, 5) is 2.00. The number of hydrogen-bond acceptors (Lipinski definition) is 4. The molecule has 0 aliphatic rings. The number of benzene rings is 1. The molecular weight excluding hydrogens is 216 g/mol. The average molecular weight is 234 g/mol. The highest BCUT2D eigenvalue weighted by molar-refractivity contribution is 5.42. The van der Waals surface area contributed by atoms with Gasteiger partial charge in [-0.15, -0.1) is 0 Å². The summed E-state index contributed by atoms with van der Waals surface area (Å²) in [6, 6.07) is 7.83. The molecule has 0 radical (unpaired) electrons. The lowest BCUT2D eigenvalue weighted by atomic mass is 10.0. The van der Waals surface area contributed by atoms with Crippen LogP contribution in [0.15, 0.2) is 18.2 Å². The summed E-state index contributed by atoms with van der Waals surface area (Å²) in [5.74, 6) is 1.55. The van der Waals surface area contributed by atoms with Crippen LogP contribution in [0.2, 0.25) is 0 Å². The molecule has 0 fully saturated rings. The number of ether oxygens (including phenoxy) is 2. The maximum Gasteiger partial charge on any atom is 0.123 e.